The quantitative estimate of drug-likeness (QED) is 0.860. The van der Waals surface area contributed by atoms with Crippen molar-refractivity contribution in [1.82, 2.24) is 4.90 Å². The number of carbonyl (C=O) groups excluding carboxylic acids is 2. The molecule has 23 heavy (non-hydrogen) atoms. The summed E-state index contributed by atoms with van der Waals surface area (Å²) in [6.45, 7) is 4.10. The first-order valence-electron chi connectivity index (χ1n) is 8.34. The van der Waals surface area contributed by atoms with Gasteiger partial charge in [-0.2, -0.15) is 0 Å². The number of hydrogen-bond donors (Lipinski definition) is 0. The fourth-order valence-electron chi connectivity index (χ4n) is 3.49. The largest absolute Gasteiger partial charge is 0.495 e. The molecule has 0 spiro atoms. The van der Waals surface area contributed by atoms with Crippen LogP contribution in [0.3, 0.4) is 0 Å². The minimum absolute atomic E-state index is 0.00394. The summed E-state index contributed by atoms with van der Waals surface area (Å²) in [6, 6.07) is 5.78. The maximum atomic E-state index is 12.7. The smallest absolute Gasteiger partial charge is 0.228 e. The first kappa shape index (κ1) is 15.8. The third kappa shape index (κ3) is 3.19. The van der Waals surface area contributed by atoms with Crippen molar-refractivity contribution < 1.29 is 14.3 Å². The summed E-state index contributed by atoms with van der Waals surface area (Å²) >= 11 is 0. The van der Waals surface area contributed by atoms with Gasteiger partial charge in [0.25, 0.3) is 0 Å². The summed E-state index contributed by atoms with van der Waals surface area (Å²) in [6.07, 6.45) is 3.63. The molecule has 0 aliphatic carbocycles. The average molecular weight is 316 g/mol. The van der Waals surface area contributed by atoms with Gasteiger partial charge in [0, 0.05) is 26.1 Å². The van der Waals surface area contributed by atoms with Crippen molar-refractivity contribution in [3.8, 4) is 5.75 Å². The van der Waals surface area contributed by atoms with Crippen molar-refractivity contribution in [2.75, 3.05) is 31.6 Å². The number of anilines is 1. The van der Waals surface area contributed by atoms with Gasteiger partial charge in [-0.15, -0.1) is 0 Å². The van der Waals surface area contributed by atoms with Crippen molar-refractivity contribution in [1.29, 1.82) is 0 Å². The third-order valence-electron chi connectivity index (χ3n) is 4.77. The highest BCUT2D eigenvalue weighted by Crippen LogP contribution is 2.34. The first-order valence-corrected chi connectivity index (χ1v) is 8.34. The summed E-state index contributed by atoms with van der Waals surface area (Å²) in [4.78, 5) is 28.7. The van der Waals surface area contributed by atoms with Gasteiger partial charge in [0.05, 0.1) is 18.7 Å². The molecule has 0 aromatic heterocycles. The van der Waals surface area contributed by atoms with Gasteiger partial charge in [-0.05, 0) is 43.9 Å². The molecule has 2 fully saturated rings. The predicted molar refractivity (Wildman–Crippen MR) is 88.6 cm³/mol. The minimum atomic E-state index is -0.231. The zero-order valence-corrected chi connectivity index (χ0v) is 13.9. The van der Waals surface area contributed by atoms with E-state index in [2.05, 4.69) is 0 Å². The predicted octanol–water partition coefficient (Wildman–Crippen LogP) is 2.37. The van der Waals surface area contributed by atoms with Crippen LogP contribution in [0.2, 0.25) is 0 Å². The van der Waals surface area contributed by atoms with Crippen LogP contribution >= 0.6 is 0 Å². The number of aryl methyl sites for hydroxylation is 1. The van der Waals surface area contributed by atoms with Gasteiger partial charge in [0.15, 0.2) is 0 Å². The standard InChI is InChI=1S/C18H24N2O3/c1-13-6-7-16(23-2)15(10-13)20-12-14(11-17(20)21)18(22)19-8-4-3-5-9-19/h6-7,10,14H,3-5,8-9,11-12H2,1-2H3/t14-/m1/s1. The molecule has 2 heterocycles. The molecule has 2 amide bonds. The first-order chi connectivity index (χ1) is 11.1. The van der Waals surface area contributed by atoms with E-state index in [0.717, 1.165) is 37.2 Å². The van der Waals surface area contributed by atoms with Gasteiger partial charge in [-0.3, -0.25) is 9.59 Å². The van der Waals surface area contributed by atoms with Crippen LogP contribution in [0.4, 0.5) is 5.69 Å². The maximum absolute atomic E-state index is 12.7. The normalized spacial score (nSPS) is 21.7. The van der Waals surface area contributed by atoms with Crippen molar-refractivity contribution in [2.45, 2.75) is 32.6 Å². The highest BCUT2D eigenvalue weighted by molar-refractivity contribution is 6.01. The van der Waals surface area contributed by atoms with Gasteiger partial charge < -0.3 is 14.5 Å². The Kier molecular flexibility index (Phi) is 4.55. The Hall–Kier alpha value is -2.04. The molecule has 0 radical (unpaired) electrons. The number of amides is 2. The number of carbonyl (C=O) groups is 2. The Balaban J connectivity index is 1.77. The Morgan fingerprint density at radius 1 is 1.22 bits per heavy atom. The molecule has 2 aliphatic rings. The molecule has 0 N–H and O–H groups in total. The number of rotatable bonds is 3. The van der Waals surface area contributed by atoms with E-state index in [1.54, 1.807) is 12.0 Å². The zero-order valence-electron chi connectivity index (χ0n) is 13.9. The van der Waals surface area contributed by atoms with E-state index >= 15 is 0 Å². The molecule has 0 unspecified atom stereocenters. The second kappa shape index (κ2) is 6.60. The molecule has 2 aliphatic heterocycles. The number of likely N-dealkylation sites (tertiary alicyclic amines) is 1. The molecule has 2 saturated heterocycles. The van der Waals surface area contributed by atoms with Crippen molar-refractivity contribution in [3.63, 3.8) is 0 Å². The number of piperidine rings is 1. The Labute approximate surface area is 137 Å². The van der Waals surface area contributed by atoms with Crippen LogP contribution < -0.4 is 9.64 Å². The molecule has 1 atom stereocenters. The van der Waals surface area contributed by atoms with E-state index < -0.39 is 0 Å². The van der Waals surface area contributed by atoms with E-state index in [1.807, 2.05) is 30.0 Å². The molecule has 124 valence electrons. The summed E-state index contributed by atoms with van der Waals surface area (Å²) < 4.78 is 5.38. The Bertz CT molecular complexity index is 608. The Morgan fingerprint density at radius 3 is 2.65 bits per heavy atom. The SMILES string of the molecule is COc1ccc(C)cc1N1C[C@H](C(=O)N2CCCCC2)CC1=O. The van der Waals surface area contributed by atoms with Crippen molar-refractivity contribution in [3.05, 3.63) is 23.8 Å². The minimum Gasteiger partial charge on any atom is -0.495 e. The number of ether oxygens (including phenoxy) is 1. The summed E-state index contributed by atoms with van der Waals surface area (Å²) in [5, 5.41) is 0. The lowest BCUT2D eigenvalue weighted by molar-refractivity contribution is -0.136. The lowest BCUT2D eigenvalue weighted by atomic mass is 10.0. The van der Waals surface area contributed by atoms with E-state index in [-0.39, 0.29) is 17.7 Å². The van der Waals surface area contributed by atoms with Crippen LogP contribution in [0, 0.1) is 12.8 Å². The van der Waals surface area contributed by atoms with Crippen LogP contribution in [-0.2, 0) is 9.59 Å². The van der Waals surface area contributed by atoms with Crippen LogP contribution in [0.1, 0.15) is 31.2 Å². The average Bonchev–Trinajstić information content (AvgIpc) is 2.96. The molecular weight excluding hydrogens is 292 g/mol. The molecule has 5 heteroatoms. The van der Waals surface area contributed by atoms with Gasteiger partial charge >= 0.3 is 0 Å². The van der Waals surface area contributed by atoms with Crippen LogP contribution in [-0.4, -0.2) is 43.5 Å². The van der Waals surface area contributed by atoms with Gasteiger partial charge in [-0.25, -0.2) is 0 Å². The van der Waals surface area contributed by atoms with E-state index in [1.165, 1.54) is 6.42 Å². The van der Waals surface area contributed by atoms with Gasteiger partial charge in [0.2, 0.25) is 11.8 Å². The number of nitrogens with zero attached hydrogens (tertiary/aromatic N) is 2. The molecule has 3 rings (SSSR count). The lowest BCUT2D eigenvalue weighted by Crippen LogP contribution is -2.40. The molecular formula is C18H24N2O3. The summed E-state index contributed by atoms with van der Waals surface area (Å²) in [7, 11) is 1.60. The van der Waals surface area contributed by atoms with Crippen molar-refractivity contribution in [2.24, 2.45) is 5.92 Å². The molecule has 1 aromatic carbocycles. The number of methoxy groups -OCH3 is 1. The molecule has 0 bridgehead atoms. The van der Waals surface area contributed by atoms with Crippen LogP contribution in [0.15, 0.2) is 18.2 Å². The van der Waals surface area contributed by atoms with Crippen LogP contribution in [0.5, 0.6) is 5.75 Å². The van der Waals surface area contributed by atoms with E-state index in [0.29, 0.717) is 18.7 Å². The second-order valence-electron chi connectivity index (χ2n) is 6.47. The molecule has 0 saturated carbocycles. The fraction of sp³-hybridized carbons (Fsp3) is 0.556. The Morgan fingerprint density at radius 2 is 1.96 bits per heavy atom. The van der Waals surface area contributed by atoms with Crippen LogP contribution in [0.25, 0.3) is 0 Å². The summed E-state index contributed by atoms with van der Waals surface area (Å²) in [5.74, 6) is 0.581. The topological polar surface area (TPSA) is 49.9 Å². The number of benzene rings is 1. The van der Waals surface area contributed by atoms with Gasteiger partial charge in [0.1, 0.15) is 5.75 Å². The monoisotopic (exact) mass is 316 g/mol. The van der Waals surface area contributed by atoms with Gasteiger partial charge in [-0.1, -0.05) is 6.07 Å². The van der Waals surface area contributed by atoms with E-state index in [9.17, 15) is 9.59 Å². The maximum Gasteiger partial charge on any atom is 0.228 e. The lowest BCUT2D eigenvalue weighted by Gasteiger charge is -2.29. The highest BCUT2D eigenvalue weighted by Gasteiger charge is 2.38. The highest BCUT2D eigenvalue weighted by atomic mass is 16.5. The summed E-state index contributed by atoms with van der Waals surface area (Å²) in [5.41, 5.74) is 1.84. The number of hydrogen-bond acceptors (Lipinski definition) is 3. The van der Waals surface area contributed by atoms with Crippen molar-refractivity contribution >= 4 is 17.5 Å². The second-order valence-corrected chi connectivity index (χ2v) is 6.47. The fourth-order valence-corrected chi connectivity index (χ4v) is 3.49. The third-order valence-corrected chi connectivity index (χ3v) is 4.77. The van der Waals surface area contributed by atoms with E-state index in [4.69, 9.17) is 4.74 Å². The molecule has 1 aromatic rings. The molecule has 5 nitrogen and oxygen atoms in total. The zero-order chi connectivity index (χ0) is 16.4.